The number of hydrogen-bond donors (Lipinski definition) is 2. The van der Waals surface area contributed by atoms with Crippen LogP contribution in [0.5, 0.6) is 0 Å². The van der Waals surface area contributed by atoms with Crippen molar-refractivity contribution in [3.63, 3.8) is 0 Å². The summed E-state index contributed by atoms with van der Waals surface area (Å²) in [6, 6.07) is 14.7. The van der Waals surface area contributed by atoms with Gasteiger partial charge < -0.3 is 15.4 Å². The molecule has 128 valence electrons. The van der Waals surface area contributed by atoms with Gasteiger partial charge in [0, 0.05) is 26.7 Å². The van der Waals surface area contributed by atoms with E-state index in [9.17, 15) is 4.39 Å². The number of nitrogens with one attached hydrogen (secondary N) is 2. The van der Waals surface area contributed by atoms with Crippen molar-refractivity contribution in [3.8, 4) is 0 Å². The van der Waals surface area contributed by atoms with Crippen LogP contribution in [0.15, 0.2) is 53.5 Å². The number of guanidine groups is 1. The Hall–Kier alpha value is -2.40. The van der Waals surface area contributed by atoms with Gasteiger partial charge in [-0.2, -0.15) is 0 Å². The third-order valence-corrected chi connectivity index (χ3v) is 3.60. The molecule has 0 aliphatic carbocycles. The van der Waals surface area contributed by atoms with Gasteiger partial charge in [0.15, 0.2) is 5.96 Å². The van der Waals surface area contributed by atoms with Gasteiger partial charge in [0.25, 0.3) is 0 Å². The number of halogens is 1. The lowest BCUT2D eigenvalue weighted by Crippen LogP contribution is -2.36. The van der Waals surface area contributed by atoms with E-state index in [-0.39, 0.29) is 5.82 Å². The zero-order valence-corrected chi connectivity index (χ0v) is 14.2. The first kappa shape index (κ1) is 17.9. The minimum absolute atomic E-state index is 0.234. The third-order valence-electron chi connectivity index (χ3n) is 3.60. The Morgan fingerprint density at radius 2 is 1.79 bits per heavy atom. The molecule has 4 nitrogen and oxygen atoms in total. The highest BCUT2D eigenvalue weighted by Crippen LogP contribution is 2.10. The molecule has 0 bridgehead atoms. The van der Waals surface area contributed by atoms with Gasteiger partial charge in [-0.25, -0.2) is 4.39 Å². The van der Waals surface area contributed by atoms with Gasteiger partial charge in [0.1, 0.15) is 5.82 Å². The maximum Gasteiger partial charge on any atom is 0.191 e. The average molecular weight is 329 g/mol. The number of benzene rings is 2. The van der Waals surface area contributed by atoms with E-state index in [1.807, 2.05) is 25.1 Å². The summed E-state index contributed by atoms with van der Waals surface area (Å²) in [4.78, 5) is 4.20. The fourth-order valence-corrected chi connectivity index (χ4v) is 2.32. The highest BCUT2D eigenvalue weighted by Gasteiger charge is 2.04. The molecular weight excluding hydrogens is 305 g/mol. The van der Waals surface area contributed by atoms with Crippen LogP contribution in [0.25, 0.3) is 0 Å². The van der Waals surface area contributed by atoms with E-state index in [1.54, 1.807) is 13.1 Å². The predicted molar refractivity (Wildman–Crippen MR) is 95.2 cm³/mol. The summed E-state index contributed by atoms with van der Waals surface area (Å²) in [5.74, 6) is 0.438. The van der Waals surface area contributed by atoms with Crippen molar-refractivity contribution in [3.05, 3.63) is 71.0 Å². The minimum atomic E-state index is -0.234. The van der Waals surface area contributed by atoms with Crippen LogP contribution >= 0.6 is 0 Å². The topological polar surface area (TPSA) is 45.6 Å². The molecule has 0 atom stereocenters. The number of ether oxygens (including phenoxy) is 1. The van der Waals surface area contributed by atoms with Gasteiger partial charge >= 0.3 is 0 Å². The fourth-order valence-electron chi connectivity index (χ4n) is 2.32. The molecule has 2 rings (SSSR count). The molecule has 0 radical (unpaired) electrons. The van der Waals surface area contributed by atoms with Crippen molar-refractivity contribution < 1.29 is 9.13 Å². The quantitative estimate of drug-likeness (QED) is 0.605. The van der Waals surface area contributed by atoms with Gasteiger partial charge in [0.05, 0.1) is 6.61 Å². The van der Waals surface area contributed by atoms with E-state index in [0.717, 1.165) is 11.1 Å². The Balaban J connectivity index is 1.90. The number of hydrogen-bond acceptors (Lipinski definition) is 2. The first-order valence-corrected chi connectivity index (χ1v) is 8.06. The van der Waals surface area contributed by atoms with Crippen LogP contribution in [0.1, 0.15) is 23.6 Å². The molecule has 5 heteroatoms. The third kappa shape index (κ3) is 5.66. The summed E-state index contributed by atoms with van der Waals surface area (Å²) in [5.41, 5.74) is 3.20. The first-order valence-electron chi connectivity index (χ1n) is 8.06. The lowest BCUT2D eigenvalue weighted by Gasteiger charge is -2.14. The molecule has 2 aromatic rings. The molecule has 0 aliphatic rings. The van der Waals surface area contributed by atoms with Gasteiger partial charge in [-0.3, -0.25) is 4.99 Å². The average Bonchev–Trinajstić information content (AvgIpc) is 2.61. The first-order chi connectivity index (χ1) is 11.7. The SMILES string of the molecule is CCOCc1ccccc1CNC(=NC)NCc1cccc(F)c1. The highest BCUT2D eigenvalue weighted by molar-refractivity contribution is 5.79. The maximum atomic E-state index is 13.2. The molecule has 2 N–H and O–H groups in total. The Labute approximate surface area is 142 Å². The molecule has 2 aromatic carbocycles. The van der Waals surface area contributed by atoms with E-state index in [0.29, 0.717) is 32.3 Å². The van der Waals surface area contributed by atoms with E-state index >= 15 is 0 Å². The molecule has 0 aromatic heterocycles. The molecule has 0 unspecified atom stereocenters. The smallest absolute Gasteiger partial charge is 0.191 e. The van der Waals surface area contributed by atoms with E-state index in [4.69, 9.17) is 4.74 Å². The second-order valence-corrected chi connectivity index (χ2v) is 5.32. The Morgan fingerprint density at radius 1 is 1.04 bits per heavy atom. The summed E-state index contributed by atoms with van der Waals surface area (Å²) >= 11 is 0. The van der Waals surface area contributed by atoms with Crippen LogP contribution < -0.4 is 10.6 Å². The molecular formula is C19H24FN3O. The fraction of sp³-hybridized carbons (Fsp3) is 0.316. The molecule has 0 saturated heterocycles. The molecule has 0 fully saturated rings. The van der Waals surface area contributed by atoms with E-state index in [2.05, 4.69) is 27.8 Å². The Bertz CT molecular complexity index is 673. The van der Waals surface area contributed by atoms with Crippen LogP contribution in [0, 0.1) is 5.82 Å². The van der Waals surface area contributed by atoms with Crippen LogP contribution in [-0.2, 0) is 24.4 Å². The standard InChI is InChI=1S/C19H24FN3O/c1-3-24-14-17-9-5-4-8-16(17)13-23-19(21-2)22-12-15-7-6-10-18(20)11-15/h4-11H,3,12-14H2,1-2H3,(H2,21,22,23). The predicted octanol–water partition coefficient (Wildman–Crippen LogP) is 3.23. The summed E-state index contributed by atoms with van der Waals surface area (Å²) in [5, 5.41) is 6.46. The molecule has 0 spiro atoms. The van der Waals surface area contributed by atoms with E-state index in [1.165, 1.54) is 17.7 Å². The van der Waals surface area contributed by atoms with Crippen molar-refractivity contribution in [1.82, 2.24) is 10.6 Å². The highest BCUT2D eigenvalue weighted by atomic mass is 19.1. The van der Waals surface area contributed by atoms with Crippen molar-refractivity contribution in [2.45, 2.75) is 26.6 Å². The summed E-state index contributed by atoms with van der Waals surface area (Å²) < 4.78 is 18.7. The number of aliphatic imine (C=N–C) groups is 1. The monoisotopic (exact) mass is 329 g/mol. The second kappa shape index (κ2) is 9.67. The lowest BCUT2D eigenvalue weighted by atomic mass is 10.1. The summed E-state index contributed by atoms with van der Waals surface area (Å²) in [6.07, 6.45) is 0. The van der Waals surface area contributed by atoms with Crippen LogP contribution in [0.4, 0.5) is 4.39 Å². The summed E-state index contributed by atoms with van der Waals surface area (Å²) in [7, 11) is 1.72. The van der Waals surface area contributed by atoms with E-state index < -0.39 is 0 Å². The van der Waals surface area contributed by atoms with Gasteiger partial charge in [0.2, 0.25) is 0 Å². The molecule has 0 heterocycles. The minimum Gasteiger partial charge on any atom is -0.377 e. The van der Waals surface area contributed by atoms with Crippen molar-refractivity contribution >= 4 is 5.96 Å². The summed E-state index contributed by atoms with van der Waals surface area (Å²) in [6.45, 7) is 4.44. The molecule has 0 aliphatic heterocycles. The lowest BCUT2D eigenvalue weighted by molar-refractivity contribution is 0.133. The number of rotatable bonds is 7. The second-order valence-electron chi connectivity index (χ2n) is 5.32. The van der Waals surface area contributed by atoms with Gasteiger partial charge in [-0.1, -0.05) is 36.4 Å². The van der Waals surface area contributed by atoms with Crippen molar-refractivity contribution in [2.75, 3.05) is 13.7 Å². The van der Waals surface area contributed by atoms with Crippen LogP contribution in [0.2, 0.25) is 0 Å². The van der Waals surface area contributed by atoms with Crippen molar-refractivity contribution in [1.29, 1.82) is 0 Å². The normalized spacial score (nSPS) is 11.4. The largest absolute Gasteiger partial charge is 0.377 e. The van der Waals surface area contributed by atoms with Crippen LogP contribution in [0.3, 0.4) is 0 Å². The zero-order chi connectivity index (χ0) is 17.2. The molecule has 0 amide bonds. The maximum absolute atomic E-state index is 13.2. The Morgan fingerprint density at radius 3 is 2.50 bits per heavy atom. The zero-order valence-electron chi connectivity index (χ0n) is 14.2. The molecule has 0 saturated carbocycles. The van der Waals surface area contributed by atoms with Gasteiger partial charge in [-0.15, -0.1) is 0 Å². The molecule has 24 heavy (non-hydrogen) atoms. The van der Waals surface area contributed by atoms with Crippen LogP contribution in [-0.4, -0.2) is 19.6 Å². The number of nitrogens with zero attached hydrogens (tertiary/aromatic N) is 1. The van der Waals surface area contributed by atoms with Crippen molar-refractivity contribution in [2.24, 2.45) is 4.99 Å². The Kier molecular flexibility index (Phi) is 7.23. The van der Waals surface area contributed by atoms with Gasteiger partial charge in [-0.05, 0) is 35.7 Å².